The summed E-state index contributed by atoms with van der Waals surface area (Å²) in [6.45, 7) is 1.80. The van der Waals surface area contributed by atoms with Gasteiger partial charge in [0.05, 0.1) is 6.54 Å². The second-order valence-electron chi connectivity index (χ2n) is 5.16. The fraction of sp³-hybridized carbons (Fsp3) is 0.235. The largest absolute Gasteiger partial charge is 0.383 e. The first kappa shape index (κ1) is 16.4. The van der Waals surface area contributed by atoms with Crippen LogP contribution in [0.25, 0.3) is 6.08 Å². The van der Waals surface area contributed by atoms with E-state index in [1.807, 2.05) is 17.5 Å². The molecule has 2 aromatic rings. The molecule has 0 aliphatic carbocycles. The average Bonchev–Trinajstić information content (AvgIpc) is 3.02. The van der Waals surface area contributed by atoms with Crippen LogP contribution in [0, 0.1) is 5.82 Å². The number of benzene rings is 1. The lowest BCUT2D eigenvalue weighted by Gasteiger charge is -2.22. The lowest BCUT2D eigenvalue weighted by Crippen LogP contribution is -2.37. The predicted molar refractivity (Wildman–Crippen MR) is 87.0 cm³/mol. The fourth-order valence-corrected chi connectivity index (χ4v) is 2.71. The normalized spacial score (nSPS) is 14.0. The number of nitrogens with one attached hydrogen (secondary N) is 1. The molecule has 0 aliphatic rings. The Hall–Kier alpha value is -1.98. The summed E-state index contributed by atoms with van der Waals surface area (Å²) < 4.78 is 13.4. The van der Waals surface area contributed by atoms with Gasteiger partial charge in [-0.3, -0.25) is 4.79 Å². The summed E-state index contributed by atoms with van der Waals surface area (Å²) in [6.07, 6.45) is 3.31. The van der Waals surface area contributed by atoms with Crippen molar-refractivity contribution in [1.29, 1.82) is 0 Å². The van der Waals surface area contributed by atoms with Crippen LogP contribution in [0.2, 0.25) is 0 Å². The molecule has 116 valence electrons. The Kier molecular flexibility index (Phi) is 5.46. The van der Waals surface area contributed by atoms with Crippen molar-refractivity contribution in [3.63, 3.8) is 0 Å². The van der Waals surface area contributed by atoms with E-state index >= 15 is 0 Å². The number of carbonyl (C=O) groups excluding carboxylic acids is 1. The highest BCUT2D eigenvalue weighted by molar-refractivity contribution is 7.10. The molecular formula is C17H18FNO2S. The number of hydrogen-bond acceptors (Lipinski definition) is 3. The Balaban J connectivity index is 1.83. The van der Waals surface area contributed by atoms with Crippen molar-refractivity contribution in [3.05, 3.63) is 64.1 Å². The van der Waals surface area contributed by atoms with Crippen molar-refractivity contribution < 1.29 is 14.3 Å². The molecule has 1 atom stereocenters. The van der Waals surface area contributed by atoms with E-state index in [2.05, 4.69) is 5.32 Å². The molecule has 0 fully saturated rings. The molecule has 1 aromatic heterocycles. The third kappa shape index (κ3) is 4.51. The lowest BCUT2D eigenvalue weighted by atomic mass is 10.1. The maximum atomic E-state index is 13.4. The van der Waals surface area contributed by atoms with E-state index in [-0.39, 0.29) is 24.7 Å². The molecule has 0 saturated carbocycles. The van der Waals surface area contributed by atoms with Crippen molar-refractivity contribution in [3.8, 4) is 0 Å². The van der Waals surface area contributed by atoms with E-state index in [0.29, 0.717) is 5.56 Å². The summed E-state index contributed by atoms with van der Waals surface area (Å²) in [5.74, 6) is -0.538. The van der Waals surface area contributed by atoms with Gasteiger partial charge in [0.25, 0.3) is 0 Å². The molecule has 2 N–H and O–H groups in total. The van der Waals surface area contributed by atoms with Crippen LogP contribution in [-0.2, 0) is 10.4 Å². The highest BCUT2D eigenvalue weighted by atomic mass is 32.1. The van der Waals surface area contributed by atoms with E-state index in [4.69, 9.17) is 0 Å². The third-order valence-electron chi connectivity index (χ3n) is 3.19. The van der Waals surface area contributed by atoms with E-state index in [1.54, 1.807) is 37.3 Å². The highest BCUT2D eigenvalue weighted by Crippen LogP contribution is 2.24. The van der Waals surface area contributed by atoms with Crippen LogP contribution >= 0.6 is 11.3 Å². The minimum Gasteiger partial charge on any atom is -0.383 e. The first-order valence-corrected chi connectivity index (χ1v) is 7.81. The standard InChI is InChI=1S/C17H18FNO2S/c1-17(21,15-9-5-11-22-15)12-19-16(20)10-4-7-13-6-2-3-8-14(13)18/h2-9,11,21H,10,12H2,1H3,(H,19,20)/b7-4+. The molecule has 22 heavy (non-hydrogen) atoms. The summed E-state index contributed by atoms with van der Waals surface area (Å²) in [5.41, 5.74) is -0.639. The Bertz CT molecular complexity index is 650. The Morgan fingerprint density at radius 2 is 2.14 bits per heavy atom. The van der Waals surface area contributed by atoms with Crippen molar-refractivity contribution in [2.24, 2.45) is 0 Å². The molecule has 0 aliphatic heterocycles. The van der Waals surface area contributed by atoms with Crippen molar-refractivity contribution in [2.75, 3.05) is 6.54 Å². The number of aliphatic hydroxyl groups is 1. The minimum atomic E-state index is -1.08. The van der Waals surface area contributed by atoms with Crippen molar-refractivity contribution in [2.45, 2.75) is 18.9 Å². The molecule has 3 nitrogen and oxygen atoms in total. The highest BCUT2D eigenvalue weighted by Gasteiger charge is 2.24. The number of halogens is 1. The second-order valence-corrected chi connectivity index (χ2v) is 6.10. The molecule has 0 spiro atoms. The number of amides is 1. The summed E-state index contributed by atoms with van der Waals surface area (Å²) in [5, 5.41) is 14.9. The minimum absolute atomic E-state index is 0.134. The van der Waals surface area contributed by atoms with Gasteiger partial charge >= 0.3 is 0 Å². The zero-order valence-corrected chi connectivity index (χ0v) is 13.1. The van der Waals surface area contributed by atoms with Crippen LogP contribution in [0.4, 0.5) is 4.39 Å². The van der Waals surface area contributed by atoms with Gasteiger partial charge in [-0.05, 0) is 24.4 Å². The smallest absolute Gasteiger partial charge is 0.223 e. The Morgan fingerprint density at radius 3 is 2.82 bits per heavy atom. The number of thiophene rings is 1. The monoisotopic (exact) mass is 319 g/mol. The van der Waals surface area contributed by atoms with Gasteiger partial charge in [-0.1, -0.05) is 36.4 Å². The first-order valence-electron chi connectivity index (χ1n) is 6.93. The maximum Gasteiger partial charge on any atom is 0.223 e. The molecule has 2 rings (SSSR count). The van der Waals surface area contributed by atoms with E-state index in [9.17, 15) is 14.3 Å². The van der Waals surface area contributed by atoms with E-state index in [0.717, 1.165) is 4.88 Å². The SMILES string of the molecule is CC(O)(CNC(=O)C/C=C/c1ccccc1F)c1cccs1. The third-order valence-corrected chi connectivity index (χ3v) is 4.31. The summed E-state index contributed by atoms with van der Waals surface area (Å²) >= 11 is 1.44. The predicted octanol–water partition coefficient (Wildman–Crippen LogP) is 3.31. The van der Waals surface area contributed by atoms with Gasteiger partial charge in [-0.15, -0.1) is 11.3 Å². The molecular weight excluding hydrogens is 301 g/mol. The van der Waals surface area contributed by atoms with Crippen LogP contribution < -0.4 is 5.32 Å². The van der Waals surface area contributed by atoms with Crippen LogP contribution in [0.15, 0.2) is 47.9 Å². The van der Waals surface area contributed by atoms with Crippen LogP contribution in [0.5, 0.6) is 0 Å². The Labute approximate surface area is 133 Å². The zero-order chi connectivity index (χ0) is 16.0. The molecule has 5 heteroatoms. The quantitative estimate of drug-likeness (QED) is 0.858. The lowest BCUT2D eigenvalue weighted by molar-refractivity contribution is -0.121. The van der Waals surface area contributed by atoms with Crippen molar-refractivity contribution in [1.82, 2.24) is 5.32 Å². The van der Waals surface area contributed by atoms with Gasteiger partial charge in [-0.25, -0.2) is 4.39 Å². The van der Waals surface area contributed by atoms with Crippen LogP contribution in [-0.4, -0.2) is 17.6 Å². The summed E-state index contributed by atoms with van der Waals surface area (Å²) in [4.78, 5) is 12.6. The number of rotatable bonds is 6. The summed E-state index contributed by atoms with van der Waals surface area (Å²) in [6, 6.07) is 10.1. The molecule has 0 saturated heterocycles. The molecule has 0 radical (unpaired) electrons. The van der Waals surface area contributed by atoms with Crippen molar-refractivity contribution >= 4 is 23.3 Å². The maximum absolute atomic E-state index is 13.4. The van der Waals surface area contributed by atoms with Gasteiger partial charge in [0, 0.05) is 16.9 Å². The zero-order valence-electron chi connectivity index (χ0n) is 12.3. The van der Waals surface area contributed by atoms with Gasteiger partial charge in [-0.2, -0.15) is 0 Å². The number of carbonyl (C=O) groups is 1. The number of hydrogen-bond donors (Lipinski definition) is 2. The van der Waals surface area contributed by atoms with Crippen LogP contribution in [0.1, 0.15) is 23.8 Å². The van der Waals surface area contributed by atoms with Crippen LogP contribution in [0.3, 0.4) is 0 Å². The van der Waals surface area contributed by atoms with Gasteiger partial charge < -0.3 is 10.4 Å². The first-order chi connectivity index (χ1) is 10.5. The molecule has 1 amide bonds. The van der Waals surface area contributed by atoms with E-state index in [1.165, 1.54) is 17.4 Å². The van der Waals surface area contributed by atoms with Gasteiger partial charge in [0.2, 0.25) is 5.91 Å². The Morgan fingerprint density at radius 1 is 1.36 bits per heavy atom. The van der Waals surface area contributed by atoms with Gasteiger partial charge in [0.15, 0.2) is 0 Å². The fourth-order valence-electron chi connectivity index (χ4n) is 1.92. The molecule has 1 aromatic carbocycles. The molecule has 1 unspecified atom stereocenters. The van der Waals surface area contributed by atoms with E-state index < -0.39 is 5.60 Å². The summed E-state index contributed by atoms with van der Waals surface area (Å²) in [7, 11) is 0. The average molecular weight is 319 g/mol. The second kappa shape index (κ2) is 7.33. The molecule has 0 bridgehead atoms. The molecule has 1 heterocycles. The van der Waals surface area contributed by atoms with Gasteiger partial charge in [0.1, 0.15) is 11.4 Å². The topological polar surface area (TPSA) is 49.3 Å².